The second kappa shape index (κ2) is 8.32. The minimum atomic E-state index is -1.42. The molecule has 0 bridgehead atoms. The van der Waals surface area contributed by atoms with Crippen LogP contribution in [-0.4, -0.2) is 84.4 Å². The van der Waals surface area contributed by atoms with Crippen molar-refractivity contribution >= 4 is 22.9 Å². The maximum absolute atomic E-state index is 12.2. The highest BCUT2D eigenvalue weighted by atomic mass is 16.5. The summed E-state index contributed by atoms with van der Waals surface area (Å²) in [7, 11) is 0. The summed E-state index contributed by atoms with van der Waals surface area (Å²) in [6, 6.07) is -1.83. The number of nitrogens with zero attached hydrogens (tertiary/aromatic N) is 3. The molecule has 0 unspecified atom stereocenters. The van der Waals surface area contributed by atoms with Crippen LogP contribution in [0.15, 0.2) is 12.7 Å². The fourth-order valence-electron chi connectivity index (χ4n) is 2.99. The van der Waals surface area contributed by atoms with E-state index in [4.69, 9.17) is 10.5 Å². The number of carbonyl (C=O) groups excluding carboxylic acids is 1. The molecule has 1 aliphatic rings. The van der Waals surface area contributed by atoms with Crippen LogP contribution in [-0.2, 0) is 9.53 Å². The van der Waals surface area contributed by atoms with E-state index in [1.807, 2.05) is 0 Å². The van der Waals surface area contributed by atoms with E-state index in [1.165, 1.54) is 12.7 Å². The zero-order valence-corrected chi connectivity index (χ0v) is 15.5. The Kier molecular flexibility index (Phi) is 6.05. The van der Waals surface area contributed by atoms with Crippen LogP contribution in [0.2, 0.25) is 0 Å². The highest BCUT2D eigenvalue weighted by Gasteiger charge is 2.45. The van der Waals surface area contributed by atoms with E-state index in [0.29, 0.717) is 17.0 Å². The number of fused-ring (bicyclic) bond motifs is 1. The topological polar surface area (TPSA) is 192 Å². The zero-order chi connectivity index (χ0) is 20.4. The molecule has 0 aliphatic carbocycles. The fourth-order valence-corrected chi connectivity index (χ4v) is 2.99. The smallest absolute Gasteiger partial charge is 0.237 e. The van der Waals surface area contributed by atoms with Crippen LogP contribution >= 0.6 is 0 Å². The predicted octanol–water partition coefficient (Wildman–Crippen LogP) is -2.33. The van der Waals surface area contributed by atoms with Gasteiger partial charge in [-0.05, 0) is 5.92 Å². The quantitative estimate of drug-likeness (QED) is 0.279. The number of nitrogens with two attached hydrogens (primary N) is 1. The molecule has 28 heavy (non-hydrogen) atoms. The summed E-state index contributed by atoms with van der Waals surface area (Å²) in [5, 5.41) is 36.1. The molecule has 1 amide bonds. The Labute approximate surface area is 160 Å². The molecule has 154 valence electrons. The first-order chi connectivity index (χ1) is 13.3. The Morgan fingerprint density at radius 2 is 2.07 bits per heavy atom. The number of carbonyl (C=O) groups is 1. The van der Waals surface area contributed by atoms with Crippen molar-refractivity contribution < 1.29 is 24.9 Å². The highest BCUT2D eigenvalue weighted by molar-refractivity contribution is 5.82. The average Bonchev–Trinajstić information content (AvgIpc) is 3.16. The summed E-state index contributed by atoms with van der Waals surface area (Å²) >= 11 is 0. The van der Waals surface area contributed by atoms with E-state index >= 15 is 0 Å². The van der Waals surface area contributed by atoms with E-state index in [2.05, 4.69) is 30.6 Å². The minimum absolute atomic E-state index is 0.122. The first-order valence-corrected chi connectivity index (χ1v) is 8.92. The summed E-state index contributed by atoms with van der Waals surface area (Å²) < 4.78 is 5.68. The van der Waals surface area contributed by atoms with Crippen molar-refractivity contribution in [2.45, 2.75) is 50.5 Å². The number of aromatic amines is 1. The van der Waals surface area contributed by atoms with E-state index in [1.54, 1.807) is 13.8 Å². The highest BCUT2D eigenvalue weighted by Crippen LogP contribution is 2.24. The number of hydrogen-bond acceptors (Lipinski definition) is 10. The van der Waals surface area contributed by atoms with Gasteiger partial charge in [-0.25, -0.2) is 15.0 Å². The van der Waals surface area contributed by atoms with Gasteiger partial charge in [-0.15, -0.1) is 0 Å². The monoisotopic (exact) mass is 395 g/mol. The van der Waals surface area contributed by atoms with Gasteiger partial charge in [0.05, 0.1) is 25.0 Å². The van der Waals surface area contributed by atoms with E-state index in [9.17, 15) is 20.1 Å². The third-order valence-corrected chi connectivity index (χ3v) is 4.76. The first-order valence-electron chi connectivity index (χ1n) is 8.92. The molecule has 0 aromatic carbocycles. The number of ether oxygens (including phenoxy) is 1. The van der Waals surface area contributed by atoms with Gasteiger partial charge in [0.2, 0.25) is 5.91 Å². The van der Waals surface area contributed by atoms with Crippen LogP contribution in [0.25, 0.3) is 11.2 Å². The van der Waals surface area contributed by atoms with Crippen LogP contribution in [0.5, 0.6) is 0 Å². The lowest BCUT2D eigenvalue weighted by Gasteiger charge is -2.43. The number of H-pyrrole nitrogens is 1. The Balaban J connectivity index is 1.75. The lowest BCUT2D eigenvalue weighted by molar-refractivity contribution is -0.185. The lowest BCUT2D eigenvalue weighted by Crippen LogP contribution is -2.67. The Hall–Kier alpha value is -2.38. The predicted molar refractivity (Wildman–Crippen MR) is 97.8 cm³/mol. The third-order valence-electron chi connectivity index (χ3n) is 4.76. The van der Waals surface area contributed by atoms with Crippen molar-refractivity contribution in [2.24, 2.45) is 11.7 Å². The van der Waals surface area contributed by atoms with Gasteiger partial charge in [0.15, 0.2) is 17.7 Å². The molecule has 1 aliphatic heterocycles. The van der Waals surface area contributed by atoms with Gasteiger partial charge in [-0.3, -0.25) is 4.79 Å². The molecule has 2 aromatic rings. The molecule has 2 aromatic heterocycles. The summed E-state index contributed by atoms with van der Waals surface area (Å²) in [6.07, 6.45) is -2.17. The number of hydrogen-bond donors (Lipinski definition) is 7. The molecule has 8 N–H and O–H groups in total. The Bertz CT molecular complexity index is 814. The Morgan fingerprint density at radius 3 is 2.75 bits per heavy atom. The van der Waals surface area contributed by atoms with Crippen molar-refractivity contribution in [3.8, 4) is 0 Å². The second-order valence-electron chi connectivity index (χ2n) is 7.03. The first kappa shape index (κ1) is 20.4. The summed E-state index contributed by atoms with van der Waals surface area (Å²) in [5.41, 5.74) is 6.73. The van der Waals surface area contributed by atoms with E-state index in [-0.39, 0.29) is 5.92 Å². The zero-order valence-electron chi connectivity index (χ0n) is 15.5. The molecule has 12 heteroatoms. The fraction of sp³-hybridized carbons (Fsp3) is 0.625. The summed E-state index contributed by atoms with van der Waals surface area (Å²) in [4.78, 5) is 27.2. The number of imidazole rings is 1. The molecule has 1 saturated heterocycles. The van der Waals surface area contributed by atoms with Crippen molar-refractivity contribution in [2.75, 3.05) is 11.9 Å². The number of aliphatic hydroxyl groups excluding tert-OH is 3. The van der Waals surface area contributed by atoms with Crippen LogP contribution in [0.3, 0.4) is 0 Å². The van der Waals surface area contributed by atoms with Crippen LogP contribution in [0.1, 0.15) is 13.8 Å². The number of aromatic nitrogens is 4. The standard InChI is InChI=1S/C16H25N7O5/c1-6(2)8(17)15(27)22-9-7(3-24)28-16(12(26)11(9)25)23-14-10-13(19-4-18-10)20-5-21-14/h4-9,11-12,16,24-26H,3,17H2,1-2H3,(H,22,27)(H2,18,19,20,21,23)/t7-,8+,9-,11+,12-,16-/m0/s1. The van der Waals surface area contributed by atoms with Crippen molar-refractivity contribution in [1.29, 1.82) is 0 Å². The minimum Gasteiger partial charge on any atom is -0.394 e. The maximum atomic E-state index is 12.2. The van der Waals surface area contributed by atoms with Gasteiger partial charge < -0.3 is 41.4 Å². The van der Waals surface area contributed by atoms with Crippen molar-refractivity contribution in [1.82, 2.24) is 25.3 Å². The van der Waals surface area contributed by atoms with Gasteiger partial charge in [0, 0.05) is 0 Å². The number of amides is 1. The third kappa shape index (κ3) is 3.91. The van der Waals surface area contributed by atoms with E-state index < -0.39 is 49.1 Å². The number of rotatable bonds is 6. The Morgan fingerprint density at radius 1 is 1.32 bits per heavy atom. The van der Waals surface area contributed by atoms with Gasteiger partial charge in [-0.2, -0.15) is 0 Å². The molecular formula is C16H25N7O5. The summed E-state index contributed by atoms with van der Waals surface area (Å²) in [6.45, 7) is 3.08. The lowest BCUT2D eigenvalue weighted by atomic mass is 9.94. The largest absolute Gasteiger partial charge is 0.394 e. The van der Waals surface area contributed by atoms with Crippen molar-refractivity contribution in [3.05, 3.63) is 12.7 Å². The molecular weight excluding hydrogens is 370 g/mol. The van der Waals surface area contributed by atoms with Crippen LogP contribution in [0.4, 0.5) is 5.82 Å². The number of anilines is 1. The van der Waals surface area contributed by atoms with Crippen LogP contribution in [0, 0.1) is 5.92 Å². The SMILES string of the molecule is CC(C)[C@@H](N)C(=O)N[C@@H]1[C@@H](O)[C@H](O)[C@@H](Nc2ncnc3nc[nH]c23)O[C@H]1CO. The van der Waals surface area contributed by atoms with E-state index in [0.717, 1.165) is 0 Å². The average molecular weight is 395 g/mol. The number of aliphatic hydroxyl groups is 3. The molecule has 0 saturated carbocycles. The van der Waals surface area contributed by atoms with Crippen molar-refractivity contribution in [3.63, 3.8) is 0 Å². The normalized spacial score (nSPS) is 29.0. The summed E-state index contributed by atoms with van der Waals surface area (Å²) in [5.74, 6) is -0.322. The molecule has 12 nitrogen and oxygen atoms in total. The molecule has 0 radical (unpaired) electrons. The second-order valence-corrected chi connectivity index (χ2v) is 7.03. The molecule has 3 rings (SSSR count). The number of nitrogens with one attached hydrogen (secondary N) is 3. The molecule has 1 fully saturated rings. The maximum Gasteiger partial charge on any atom is 0.237 e. The molecule has 6 atom stereocenters. The van der Waals surface area contributed by atoms with Gasteiger partial charge in [0.25, 0.3) is 0 Å². The van der Waals surface area contributed by atoms with Gasteiger partial charge in [-0.1, -0.05) is 13.8 Å². The molecule has 3 heterocycles. The van der Waals surface area contributed by atoms with Gasteiger partial charge in [0.1, 0.15) is 30.2 Å². The van der Waals surface area contributed by atoms with Gasteiger partial charge >= 0.3 is 0 Å². The van der Waals surface area contributed by atoms with Crippen LogP contribution < -0.4 is 16.4 Å². The molecule has 0 spiro atoms.